The number of Topliss-reactive ketones (excluding diaryl/α,β-unsaturated/α-hetero) is 1. The number of hydrazine groups is 1. The van der Waals surface area contributed by atoms with Gasteiger partial charge >= 0.3 is 12.1 Å². The molecule has 1 aromatic carbocycles. The van der Waals surface area contributed by atoms with Crippen LogP contribution in [0.3, 0.4) is 0 Å². The summed E-state index contributed by atoms with van der Waals surface area (Å²) in [7, 11) is 0. The van der Waals surface area contributed by atoms with Crippen molar-refractivity contribution in [2.24, 2.45) is 11.8 Å². The molecule has 4 amide bonds. The van der Waals surface area contributed by atoms with Crippen LogP contribution in [0.5, 0.6) is 0 Å². The summed E-state index contributed by atoms with van der Waals surface area (Å²) >= 11 is 0. The number of likely N-dealkylation sites (tertiary alicyclic amines) is 1. The number of ketones is 1. The molecule has 9 heteroatoms. The van der Waals surface area contributed by atoms with Crippen LogP contribution in [0.2, 0.25) is 0 Å². The Hall–Kier alpha value is -2.94. The Balaban J connectivity index is 1.94. The molecule has 0 aliphatic carbocycles. The molecule has 2 atom stereocenters. The topological polar surface area (TPSA) is 99.3 Å². The van der Waals surface area contributed by atoms with Gasteiger partial charge in [-0.25, -0.2) is 19.5 Å². The van der Waals surface area contributed by atoms with Crippen molar-refractivity contribution in [2.75, 3.05) is 19.6 Å². The normalized spacial score (nSPS) is 19.4. The monoisotopic (exact) mass is 471 g/mol. The lowest BCUT2D eigenvalue weighted by molar-refractivity contribution is -0.132. The third-order valence-electron chi connectivity index (χ3n) is 5.75. The molecule has 2 aliphatic heterocycles. The van der Waals surface area contributed by atoms with E-state index in [4.69, 9.17) is 4.74 Å². The van der Waals surface area contributed by atoms with E-state index >= 15 is 0 Å². The van der Waals surface area contributed by atoms with Crippen molar-refractivity contribution in [3.8, 4) is 0 Å². The Morgan fingerprint density at radius 3 is 2.41 bits per heavy atom. The number of urea groups is 1. The Bertz CT molecular complexity index is 883. The predicted molar refractivity (Wildman–Crippen MR) is 126 cm³/mol. The van der Waals surface area contributed by atoms with Crippen LogP contribution >= 0.6 is 0 Å². The second-order valence-electron chi connectivity index (χ2n) is 9.65. The van der Waals surface area contributed by atoms with Crippen molar-refractivity contribution in [2.45, 2.75) is 59.2 Å². The van der Waals surface area contributed by atoms with E-state index in [2.05, 4.69) is 5.43 Å². The number of rotatable bonds is 8. The minimum atomic E-state index is -1.26. The zero-order chi connectivity index (χ0) is 24.8. The Morgan fingerprint density at radius 2 is 1.82 bits per heavy atom. The Morgan fingerprint density at radius 1 is 1.12 bits per heavy atom. The molecule has 2 fully saturated rings. The van der Waals surface area contributed by atoms with E-state index in [1.807, 2.05) is 34.1 Å². The molecule has 1 unspecified atom stereocenters. The molecule has 1 N–H and O–H groups in total. The van der Waals surface area contributed by atoms with Crippen molar-refractivity contribution in [1.29, 1.82) is 0 Å². The zero-order valence-corrected chi connectivity index (χ0v) is 20.4. The van der Waals surface area contributed by atoms with E-state index < -0.39 is 36.1 Å². The molecule has 0 saturated carbocycles. The van der Waals surface area contributed by atoms with Crippen LogP contribution in [0.1, 0.15) is 57.3 Å². The number of cyclic esters (lactones) is 1. The van der Waals surface area contributed by atoms with E-state index in [-0.39, 0.29) is 18.3 Å². The zero-order valence-electron chi connectivity index (χ0n) is 20.4. The largest absolute Gasteiger partial charge is 0.426 e. The smallest absolute Gasteiger partial charge is 0.420 e. The van der Waals surface area contributed by atoms with Gasteiger partial charge in [0.2, 0.25) is 12.0 Å². The summed E-state index contributed by atoms with van der Waals surface area (Å²) in [5, 5.41) is 1.27. The number of nitrogens with one attached hydrogen (secondary N) is 1. The SMILES string of the molecule is CC(C)C[C@@H](C(=O)C1NN(CC(C)C)C(=O)O1)N(C(=O)c1ccccc1)C(=O)N1C[CH]CCC1. The first kappa shape index (κ1) is 25.7. The van der Waals surface area contributed by atoms with Crippen LogP contribution in [-0.2, 0) is 9.53 Å². The summed E-state index contributed by atoms with van der Waals surface area (Å²) in [4.78, 5) is 55.9. The maximum atomic E-state index is 13.7. The van der Waals surface area contributed by atoms with Crippen LogP contribution in [0, 0.1) is 18.3 Å². The highest BCUT2D eigenvalue weighted by molar-refractivity contribution is 6.08. The highest BCUT2D eigenvalue weighted by Gasteiger charge is 2.45. The maximum absolute atomic E-state index is 13.7. The number of amides is 4. The van der Waals surface area contributed by atoms with Gasteiger partial charge in [0.25, 0.3) is 5.91 Å². The van der Waals surface area contributed by atoms with E-state index in [0.29, 0.717) is 25.2 Å². The molecule has 1 aromatic rings. The molecule has 2 saturated heterocycles. The summed E-state index contributed by atoms with van der Waals surface area (Å²) in [6.45, 7) is 9.02. The molecular weight excluding hydrogens is 436 g/mol. The van der Waals surface area contributed by atoms with Crippen molar-refractivity contribution in [1.82, 2.24) is 20.2 Å². The number of benzene rings is 1. The average Bonchev–Trinajstić information content (AvgIpc) is 3.18. The Labute approximate surface area is 201 Å². The van der Waals surface area contributed by atoms with Gasteiger partial charge in [-0.1, -0.05) is 45.9 Å². The van der Waals surface area contributed by atoms with Gasteiger partial charge in [-0.3, -0.25) is 9.59 Å². The number of hydrogen-bond donors (Lipinski definition) is 1. The van der Waals surface area contributed by atoms with Gasteiger partial charge in [-0.15, -0.1) is 0 Å². The lowest BCUT2D eigenvalue weighted by Crippen LogP contribution is -2.58. The fourth-order valence-corrected chi connectivity index (χ4v) is 4.14. The lowest BCUT2D eigenvalue weighted by atomic mass is 9.97. The summed E-state index contributed by atoms with van der Waals surface area (Å²) in [5.74, 6) is -0.900. The van der Waals surface area contributed by atoms with Gasteiger partial charge in [-0.2, -0.15) is 5.43 Å². The third-order valence-corrected chi connectivity index (χ3v) is 5.75. The number of carbonyl (C=O) groups excluding carboxylic acids is 4. The van der Waals surface area contributed by atoms with Crippen LogP contribution in [0.25, 0.3) is 0 Å². The minimum Gasteiger partial charge on any atom is -0.420 e. The molecule has 3 rings (SSSR count). The molecule has 2 aliphatic rings. The molecule has 0 bridgehead atoms. The van der Waals surface area contributed by atoms with Crippen molar-refractivity contribution in [3.63, 3.8) is 0 Å². The van der Waals surface area contributed by atoms with Gasteiger partial charge in [0, 0.05) is 25.2 Å². The fourth-order valence-electron chi connectivity index (χ4n) is 4.14. The molecular formula is C25H35N4O5. The molecule has 185 valence electrons. The summed E-state index contributed by atoms with van der Waals surface area (Å²) in [6.07, 6.45) is 2.04. The number of carbonyl (C=O) groups is 4. The minimum absolute atomic E-state index is 0.00427. The first-order valence-electron chi connectivity index (χ1n) is 12.0. The molecule has 0 aromatic heterocycles. The number of nitrogens with zero attached hydrogens (tertiary/aromatic N) is 3. The van der Waals surface area contributed by atoms with Gasteiger partial charge in [0.05, 0.1) is 0 Å². The van der Waals surface area contributed by atoms with E-state index in [9.17, 15) is 19.2 Å². The second kappa shape index (κ2) is 11.5. The summed E-state index contributed by atoms with van der Waals surface area (Å²) in [6, 6.07) is 6.87. The number of imide groups is 1. The van der Waals surface area contributed by atoms with Gasteiger partial charge in [0.1, 0.15) is 6.04 Å². The number of ether oxygens (including phenoxy) is 1. The summed E-state index contributed by atoms with van der Waals surface area (Å²) in [5.41, 5.74) is 3.14. The molecule has 2 heterocycles. The molecule has 34 heavy (non-hydrogen) atoms. The molecule has 9 nitrogen and oxygen atoms in total. The lowest BCUT2D eigenvalue weighted by Gasteiger charge is -2.36. The van der Waals surface area contributed by atoms with Gasteiger partial charge in [0.15, 0.2) is 0 Å². The standard InChI is InChI=1S/C25H35N4O5/c1-17(2)15-20(21(30)22-26-28(16-18(3)4)25(33)34-22)29(23(31)19-11-7-5-8-12-19)24(32)27-13-9-6-10-14-27/h5,7-9,11-12,17-18,20,22,26H,6,10,13-16H2,1-4H3/t20-,22?/m0/s1. The number of piperidine rings is 1. The van der Waals surface area contributed by atoms with Crippen molar-refractivity contribution in [3.05, 3.63) is 42.3 Å². The first-order valence-corrected chi connectivity index (χ1v) is 12.0. The van der Waals surface area contributed by atoms with Crippen LogP contribution in [0.15, 0.2) is 30.3 Å². The van der Waals surface area contributed by atoms with Gasteiger partial charge < -0.3 is 9.64 Å². The predicted octanol–water partition coefficient (Wildman–Crippen LogP) is 3.47. The highest BCUT2D eigenvalue weighted by atomic mass is 16.6. The fraction of sp³-hybridized carbons (Fsp3) is 0.560. The van der Waals surface area contributed by atoms with Crippen molar-refractivity contribution >= 4 is 23.8 Å². The van der Waals surface area contributed by atoms with Crippen LogP contribution in [0.4, 0.5) is 9.59 Å². The molecule has 1 radical (unpaired) electrons. The molecule has 0 spiro atoms. The third kappa shape index (κ3) is 6.14. The van der Waals surface area contributed by atoms with E-state index in [1.165, 1.54) is 5.01 Å². The number of hydrogen-bond acceptors (Lipinski definition) is 6. The van der Waals surface area contributed by atoms with E-state index in [0.717, 1.165) is 17.7 Å². The van der Waals surface area contributed by atoms with Crippen LogP contribution < -0.4 is 5.43 Å². The summed E-state index contributed by atoms with van der Waals surface area (Å²) < 4.78 is 5.32. The van der Waals surface area contributed by atoms with Crippen molar-refractivity contribution < 1.29 is 23.9 Å². The second-order valence-corrected chi connectivity index (χ2v) is 9.65. The Kier molecular flexibility index (Phi) is 8.66. The first-order chi connectivity index (χ1) is 16.2. The quantitative estimate of drug-likeness (QED) is 0.623. The highest BCUT2D eigenvalue weighted by Crippen LogP contribution is 2.23. The van der Waals surface area contributed by atoms with Crippen LogP contribution in [-0.4, -0.2) is 70.5 Å². The average molecular weight is 472 g/mol. The maximum Gasteiger partial charge on any atom is 0.426 e. The van der Waals surface area contributed by atoms with Gasteiger partial charge in [-0.05, 0) is 49.7 Å². The van der Waals surface area contributed by atoms with E-state index in [1.54, 1.807) is 35.2 Å².